The largest absolute Gasteiger partial charge is 0.366 e. The van der Waals surface area contributed by atoms with Gasteiger partial charge in [-0.15, -0.1) is 5.10 Å². The fraction of sp³-hybridized carbons (Fsp3) is 0.500. The molecule has 0 saturated heterocycles. The standard InChI is InChI=1S/C8H12N6O/c1-8(2,3-9)4-11-6(15)5-12-7(10)14-13-5/h4H2,1-2H3,(H,11,15)(H3,10,12,13,14). The summed E-state index contributed by atoms with van der Waals surface area (Å²) in [6, 6.07) is 2.07. The highest BCUT2D eigenvalue weighted by Crippen LogP contribution is 2.10. The van der Waals surface area contributed by atoms with Gasteiger partial charge in [0.1, 0.15) is 0 Å². The summed E-state index contributed by atoms with van der Waals surface area (Å²) in [7, 11) is 0. The lowest BCUT2D eigenvalue weighted by atomic mass is 9.96. The number of nitriles is 1. The van der Waals surface area contributed by atoms with Gasteiger partial charge < -0.3 is 11.1 Å². The lowest BCUT2D eigenvalue weighted by Gasteiger charge is -2.14. The number of rotatable bonds is 3. The van der Waals surface area contributed by atoms with Crippen molar-refractivity contribution in [3.63, 3.8) is 0 Å². The van der Waals surface area contributed by atoms with Crippen molar-refractivity contribution in [2.75, 3.05) is 12.3 Å². The third-order valence-electron chi connectivity index (χ3n) is 1.71. The molecule has 1 aromatic heterocycles. The summed E-state index contributed by atoms with van der Waals surface area (Å²) in [5.74, 6) is -0.372. The van der Waals surface area contributed by atoms with Crippen LogP contribution in [0.4, 0.5) is 5.95 Å². The maximum Gasteiger partial charge on any atom is 0.288 e. The molecule has 0 spiro atoms. The molecule has 0 unspecified atom stereocenters. The maximum absolute atomic E-state index is 11.4. The van der Waals surface area contributed by atoms with Gasteiger partial charge in [0.25, 0.3) is 5.91 Å². The van der Waals surface area contributed by atoms with Crippen molar-refractivity contribution in [2.24, 2.45) is 5.41 Å². The van der Waals surface area contributed by atoms with E-state index in [0.717, 1.165) is 0 Å². The van der Waals surface area contributed by atoms with E-state index in [4.69, 9.17) is 11.0 Å². The highest BCUT2D eigenvalue weighted by molar-refractivity contribution is 5.90. The number of amides is 1. The maximum atomic E-state index is 11.4. The zero-order valence-electron chi connectivity index (χ0n) is 8.53. The SMILES string of the molecule is CC(C)(C#N)CNC(=O)c1nc(N)n[nH]1. The van der Waals surface area contributed by atoms with Crippen LogP contribution >= 0.6 is 0 Å². The number of anilines is 1. The molecule has 0 atom stereocenters. The first-order valence-corrected chi connectivity index (χ1v) is 4.32. The molecule has 15 heavy (non-hydrogen) atoms. The Labute approximate surface area is 86.7 Å². The van der Waals surface area contributed by atoms with Crippen LogP contribution in [-0.2, 0) is 0 Å². The molecule has 0 aromatic carbocycles. The first-order valence-electron chi connectivity index (χ1n) is 4.32. The Morgan fingerprint density at radius 3 is 2.87 bits per heavy atom. The molecule has 1 amide bonds. The quantitative estimate of drug-likeness (QED) is 0.627. The lowest BCUT2D eigenvalue weighted by molar-refractivity contribution is 0.0934. The van der Waals surface area contributed by atoms with Gasteiger partial charge in [0.05, 0.1) is 11.5 Å². The fourth-order valence-electron chi connectivity index (χ4n) is 0.801. The average molecular weight is 208 g/mol. The van der Waals surface area contributed by atoms with E-state index in [9.17, 15) is 4.79 Å². The predicted octanol–water partition coefficient (Wildman–Crippen LogP) is -0.334. The molecular weight excluding hydrogens is 196 g/mol. The average Bonchev–Trinajstić information content (AvgIpc) is 2.61. The summed E-state index contributed by atoms with van der Waals surface area (Å²) >= 11 is 0. The van der Waals surface area contributed by atoms with Crippen LogP contribution in [0, 0.1) is 16.7 Å². The van der Waals surface area contributed by atoms with E-state index in [0.29, 0.717) is 0 Å². The first kappa shape index (κ1) is 11.0. The molecule has 80 valence electrons. The van der Waals surface area contributed by atoms with E-state index in [1.165, 1.54) is 0 Å². The molecule has 0 radical (unpaired) electrons. The van der Waals surface area contributed by atoms with Gasteiger partial charge in [0.2, 0.25) is 11.8 Å². The molecule has 1 rings (SSSR count). The lowest BCUT2D eigenvalue weighted by Crippen LogP contribution is -2.33. The van der Waals surface area contributed by atoms with Crippen molar-refractivity contribution in [1.29, 1.82) is 5.26 Å². The highest BCUT2D eigenvalue weighted by Gasteiger charge is 2.19. The number of carbonyl (C=O) groups is 1. The van der Waals surface area contributed by atoms with Crippen molar-refractivity contribution in [3.05, 3.63) is 5.82 Å². The number of nitrogens with zero attached hydrogens (tertiary/aromatic N) is 3. The molecule has 7 heteroatoms. The van der Waals surface area contributed by atoms with Crippen LogP contribution in [-0.4, -0.2) is 27.6 Å². The molecule has 0 bridgehead atoms. The van der Waals surface area contributed by atoms with Gasteiger partial charge in [-0.3, -0.25) is 9.89 Å². The molecule has 0 aliphatic carbocycles. The molecule has 1 aromatic rings. The van der Waals surface area contributed by atoms with Gasteiger partial charge in [0.15, 0.2) is 0 Å². The van der Waals surface area contributed by atoms with Crippen LogP contribution in [0.5, 0.6) is 0 Å². The fourth-order valence-corrected chi connectivity index (χ4v) is 0.801. The molecular formula is C8H12N6O. The minimum Gasteiger partial charge on any atom is -0.366 e. The minimum absolute atomic E-state index is 0.0136. The van der Waals surface area contributed by atoms with E-state index >= 15 is 0 Å². The Balaban J connectivity index is 2.55. The number of H-pyrrole nitrogens is 1. The van der Waals surface area contributed by atoms with E-state index in [1.807, 2.05) is 0 Å². The molecule has 1 heterocycles. The second kappa shape index (κ2) is 3.96. The molecule has 4 N–H and O–H groups in total. The molecule has 0 fully saturated rings. The molecule has 0 aliphatic heterocycles. The summed E-state index contributed by atoms with van der Waals surface area (Å²) < 4.78 is 0. The Morgan fingerprint density at radius 2 is 2.40 bits per heavy atom. The molecule has 7 nitrogen and oxygen atoms in total. The number of nitrogen functional groups attached to an aromatic ring is 1. The molecule has 0 saturated carbocycles. The summed E-state index contributed by atoms with van der Waals surface area (Å²) in [5.41, 5.74) is 4.63. The monoisotopic (exact) mass is 208 g/mol. The molecule has 0 aliphatic rings. The summed E-state index contributed by atoms with van der Waals surface area (Å²) in [6.07, 6.45) is 0. The first-order chi connectivity index (χ1) is 6.94. The minimum atomic E-state index is -0.610. The number of hydrogen-bond acceptors (Lipinski definition) is 5. The Morgan fingerprint density at radius 1 is 1.73 bits per heavy atom. The van der Waals surface area contributed by atoms with Gasteiger partial charge in [-0.05, 0) is 13.8 Å². The van der Waals surface area contributed by atoms with Crippen LogP contribution in [0.2, 0.25) is 0 Å². The van der Waals surface area contributed by atoms with E-state index < -0.39 is 11.3 Å². The number of aromatic nitrogens is 3. The number of nitrogens with two attached hydrogens (primary N) is 1. The zero-order valence-corrected chi connectivity index (χ0v) is 8.53. The van der Waals surface area contributed by atoms with Crippen molar-refractivity contribution in [3.8, 4) is 6.07 Å². The summed E-state index contributed by atoms with van der Waals surface area (Å²) in [6.45, 7) is 3.69. The second-order valence-corrected chi connectivity index (χ2v) is 3.72. The van der Waals surface area contributed by atoms with Gasteiger partial charge >= 0.3 is 0 Å². The third kappa shape index (κ3) is 2.95. The Kier molecular flexibility index (Phi) is 2.90. The van der Waals surface area contributed by atoms with Crippen LogP contribution in [0.25, 0.3) is 0 Å². The Hall–Kier alpha value is -2.10. The number of aromatic amines is 1. The van der Waals surface area contributed by atoms with Crippen LogP contribution in [0.15, 0.2) is 0 Å². The summed E-state index contributed by atoms with van der Waals surface area (Å²) in [5, 5.41) is 17.2. The predicted molar refractivity (Wildman–Crippen MR) is 52.5 cm³/mol. The van der Waals surface area contributed by atoms with Crippen molar-refractivity contribution in [1.82, 2.24) is 20.5 Å². The van der Waals surface area contributed by atoms with Crippen LogP contribution < -0.4 is 11.1 Å². The van der Waals surface area contributed by atoms with Gasteiger partial charge in [-0.25, -0.2) is 0 Å². The third-order valence-corrected chi connectivity index (χ3v) is 1.71. The van der Waals surface area contributed by atoms with Gasteiger partial charge in [-0.2, -0.15) is 10.2 Å². The smallest absolute Gasteiger partial charge is 0.288 e. The number of hydrogen-bond donors (Lipinski definition) is 3. The van der Waals surface area contributed by atoms with E-state index in [-0.39, 0.29) is 18.3 Å². The topological polar surface area (TPSA) is 120 Å². The van der Waals surface area contributed by atoms with Crippen molar-refractivity contribution in [2.45, 2.75) is 13.8 Å². The van der Waals surface area contributed by atoms with E-state index in [1.54, 1.807) is 13.8 Å². The van der Waals surface area contributed by atoms with Crippen molar-refractivity contribution < 1.29 is 4.79 Å². The highest BCUT2D eigenvalue weighted by atomic mass is 16.2. The van der Waals surface area contributed by atoms with E-state index in [2.05, 4.69) is 26.6 Å². The van der Waals surface area contributed by atoms with Gasteiger partial charge in [-0.1, -0.05) is 0 Å². The second-order valence-electron chi connectivity index (χ2n) is 3.72. The number of carbonyl (C=O) groups excluding carboxylic acids is 1. The van der Waals surface area contributed by atoms with Gasteiger partial charge in [0, 0.05) is 6.54 Å². The Bertz CT molecular complexity index is 402. The number of nitrogens with one attached hydrogen (secondary N) is 2. The zero-order chi connectivity index (χ0) is 11.5. The normalized spacial score (nSPS) is 10.7. The van der Waals surface area contributed by atoms with Crippen LogP contribution in [0.3, 0.4) is 0 Å². The van der Waals surface area contributed by atoms with Crippen molar-refractivity contribution >= 4 is 11.9 Å². The summed E-state index contributed by atoms with van der Waals surface area (Å²) in [4.78, 5) is 15.1. The van der Waals surface area contributed by atoms with Crippen LogP contribution in [0.1, 0.15) is 24.5 Å².